The monoisotopic (exact) mass is 424 g/mol. The van der Waals surface area contributed by atoms with Crippen LogP contribution in [0.3, 0.4) is 0 Å². The Labute approximate surface area is 174 Å². The highest BCUT2D eigenvalue weighted by Gasteiger charge is 2.13. The number of aromatic amines is 1. The van der Waals surface area contributed by atoms with E-state index >= 15 is 0 Å². The van der Waals surface area contributed by atoms with Gasteiger partial charge in [0.05, 0.1) is 23.1 Å². The van der Waals surface area contributed by atoms with Gasteiger partial charge in [0, 0.05) is 11.3 Å². The summed E-state index contributed by atoms with van der Waals surface area (Å²) in [4.78, 5) is 31.3. The molecule has 31 heavy (non-hydrogen) atoms. The number of hydrogen-bond donors (Lipinski definition) is 3. The Hall–Kier alpha value is -4.14. The van der Waals surface area contributed by atoms with Crippen LogP contribution >= 0.6 is 0 Å². The highest BCUT2D eigenvalue weighted by Crippen LogP contribution is 2.25. The third-order valence-electron chi connectivity index (χ3n) is 4.47. The number of hydrogen-bond acceptors (Lipinski definition) is 3. The Kier molecular flexibility index (Phi) is 5.40. The summed E-state index contributed by atoms with van der Waals surface area (Å²) in [6, 6.07) is 12.8. The largest absolute Gasteiger partial charge is 0.343 e. The summed E-state index contributed by atoms with van der Waals surface area (Å²) in [5, 5.41) is 5.07. The molecule has 2 amide bonds. The molecule has 4 rings (SSSR count). The molecule has 0 radical (unpaired) electrons. The van der Waals surface area contributed by atoms with Crippen LogP contribution in [-0.2, 0) is 4.79 Å². The predicted octanol–water partition coefficient (Wildman–Crippen LogP) is 4.02. The Morgan fingerprint density at radius 2 is 1.65 bits per heavy atom. The van der Waals surface area contributed by atoms with Gasteiger partial charge in [-0.3, -0.25) is 9.59 Å². The highest BCUT2D eigenvalue weighted by atomic mass is 19.1. The molecule has 0 atom stereocenters. The number of carbonyl (C=O) groups excluding carboxylic acids is 2. The fourth-order valence-corrected chi connectivity index (χ4v) is 2.96. The van der Waals surface area contributed by atoms with Crippen molar-refractivity contribution >= 4 is 28.5 Å². The minimum Gasteiger partial charge on any atom is -0.343 e. The molecule has 3 aromatic carbocycles. The predicted molar refractivity (Wildman–Crippen MR) is 109 cm³/mol. The van der Waals surface area contributed by atoms with Crippen molar-refractivity contribution in [1.82, 2.24) is 15.3 Å². The number of anilines is 1. The van der Waals surface area contributed by atoms with Crippen molar-refractivity contribution < 1.29 is 22.8 Å². The van der Waals surface area contributed by atoms with E-state index in [-0.39, 0.29) is 23.5 Å². The average molecular weight is 424 g/mol. The molecule has 0 spiro atoms. The second-order valence-electron chi connectivity index (χ2n) is 6.68. The smallest absolute Gasteiger partial charge is 0.251 e. The minimum absolute atomic E-state index is 0.00899. The zero-order valence-electron chi connectivity index (χ0n) is 15.9. The number of nitrogens with zero attached hydrogens (tertiary/aromatic N) is 1. The first-order valence-corrected chi connectivity index (χ1v) is 9.18. The summed E-state index contributed by atoms with van der Waals surface area (Å²) >= 11 is 0. The minimum atomic E-state index is -0.620. The third kappa shape index (κ3) is 4.55. The Morgan fingerprint density at radius 1 is 0.903 bits per heavy atom. The average Bonchev–Trinajstić information content (AvgIpc) is 3.17. The van der Waals surface area contributed by atoms with Gasteiger partial charge in [0.25, 0.3) is 5.91 Å². The lowest BCUT2D eigenvalue weighted by Crippen LogP contribution is -2.32. The van der Waals surface area contributed by atoms with E-state index in [0.717, 1.165) is 30.3 Å². The van der Waals surface area contributed by atoms with Crippen LogP contribution in [0.15, 0.2) is 60.7 Å². The summed E-state index contributed by atoms with van der Waals surface area (Å²) in [5.41, 5.74) is 1.65. The number of nitrogens with one attached hydrogen (secondary N) is 3. The van der Waals surface area contributed by atoms with Crippen molar-refractivity contribution in [2.24, 2.45) is 0 Å². The molecule has 9 heteroatoms. The van der Waals surface area contributed by atoms with Gasteiger partial charge in [-0.2, -0.15) is 0 Å². The van der Waals surface area contributed by atoms with Gasteiger partial charge in [0.15, 0.2) is 0 Å². The van der Waals surface area contributed by atoms with Crippen molar-refractivity contribution in [2.75, 3.05) is 11.9 Å². The van der Waals surface area contributed by atoms with Crippen LogP contribution in [0.2, 0.25) is 0 Å². The molecule has 0 fully saturated rings. The topological polar surface area (TPSA) is 86.9 Å². The lowest BCUT2D eigenvalue weighted by atomic mass is 10.2. The van der Waals surface area contributed by atoms with E-state index in [9.17, 15) is 22.8 Å². The molecular weight excluding hydrogens is 409 g/mol. The molecule has 0 saturated heterocycles. The molecule has 0 bridgehead atoms. The number of imidazole rings is 1. The van der Waals surface area contributed by atoms with E-state index in [0.29, 0.717) is 16.7 Å². The molecule has 0 aliphatic heterocycles. The first kappa shape index (κ1) is 20.1. The maximum absolute atomic E-state index is 14.0. The van der Waals surface area contributed by atoms with Crippen LogP contribution in [0.4, 0.5) is 18.9 Å². The number of amides is 2. The van der Waals surface area contributed by atoms with Crippen LogP contribution in [0, 0.1) is 17.5 Å². The zero-order valence-corrected chi connectivity index (χ0v) is 15.9. The summed E-state index contributed by atoms with van der Waals surface area (Å²) in [5.74, 6) is -2.51. The van der Waals surface area contributed by atoms with Crippen molar-refractivity contribution in [2.45, 2.75) is 0 Å². The number of H-pyrrole nitrogens is 1. The number of rotatable bonds is 5. The number of halogens is 3. The SMILES string of the molecule is O=C(CNC(=O)c1ccc(F)cc1)Nc1ccc2nc(-c3cc(F)ccc3F)[nH]c2c1. The molecule has 0 saturated carbocycles. The first-order valence-electron chi connectivity index (χ1n) is 9.18. The molecule has 156 valence electrons. The molecule has 6 nitrogen and oxygen atoms in total. The fraction of sp³-hybridized carbons (Fsp3) is 0.0455. The van der Waals surface area contributed by atoms with Crippen molar-refractivity contribution in [3.05, 3.63) is 83.7 Å². The highest BCUT2D eigenvalue weighted by molar-refractivity contribution is 6.00. The number of aromatic nitrogens is 2. The van der Waals surface area contributed by atoms with E-state index < -0.39 is 29.3 Å². The van der Waals surface area contributed by atoms with Gasteiger partial charge in [0.1, 0.15) is 23.3 Å². The van der Waals surface area contributed by atoms with E-state index in [4.69, 9.17) is 0 Å². The van der Waals surface area contributed by atoms with Crippen molar-refractivity contribution in [1.29, 1.82) is 0 Å². The summed E-state index contributed by atoms with van der Waals surface area (Å²) in [6.07, 6.45) is 0. The van der Waals surface area contributed by atoms with Gasteiger partial charge in [-0.05, 0) is 60.7 Å². The molecule has 0 aliphatic rings. The lowest BCUT2D eigenvalue weighted by molar-refractivity contribution is -0.115. The number of carbonyl (C=O) groups is 2. The Balaban J connectivity index is 1.43. The van der Waals surface area contributed by atoms with Crippen LogP contribution in [-0.4, -0.2) is 28.3 Å². The normalized spacial score (nSPS) is 10.8. The quantitative estimate of drug-likeness (QED) is 0.452. The van der Waals surface area contributed by atoms with Gasteiger partial charge in [-0.1, -0.05) is 0 Å². The number of fused-ring (bicyclic) bond motifs is 1. The standard InChI is InChI=1S/C22H15F3N4O2/c23-13-3-1-12(2-4-13)22(31)26-11-20(30)27-15-6-8-18-19(10-15)29-21(28-18)16-9-14(24)5-7-17(16)25/h1-10H,11H2,(H,26,31)(H,27,30)(H,28,29). The van der Waals surface area contributed by atoms with Gasteiger partial charge in [0.2, 0.25) is 5.91 Å². The maximum atomic E-state index is 14.0. The van der Waals surface area contributed by atoms with Gasteiger partial charge < -0.3 is 15.6 Å². The molecule has 0 aliphatic carbocycles. The molecular formula is C22H15F3N4O2. The molecule has 1 aromatic heterocycles. The fourth-order valence-electron chi connectivity index (χ4n) is 2.96. The summed E-state index contributed by atoms with van der Waals surface area (Å²) < 4.78 is 40.4. The molecule has 1 heterocycles. The van der Waals surface area contributed by atoms with Crippen molar-refractivity contribution in [3.63, 3.8) is 0 Å². The van der Waals surface area contributed by atoms with Gasteiger partial charge >= 0.3 is 0 Å². The zero-order chi connectivity index (χ0) is 22.0. The van der Waals surface area contributed by atoms with Crippen molar-refractivity contribution in [3.8, 4) is 11.4 Å². The lowest BCUT2D eigenvalue weighted by Gasteiger charge is -2.07. The van der Waals surface area contributed by atoms with Crippen LogP contribution in [0.5, 0.6) is 0 Å². The molecule has 4 aromatic rings. The van der Waals surface area contributed by atoms with E-state index in [2.05, 4.69) is 20.6 Å². The summed E-state index contributed by atoms with van der Waals surface area (Å²) in [6.45, 7) is -0.295. The second-order valence-corrected chi connectivity index (χ2v) is 6.68. The van der Waals surface area contributed by atoms with Gasteiger partial charge in [-0.15, -0.1) is 0 Å². The van der Waals surface area contributed by atoms with E-state index in [1.54, 1.807) is 18.2 Å². The van der Waals surface area contributed by atoms with Gasteiger partial charge in [-0.25, -0.2) is 18.2 Å². The second kappa shape index (κ2) is 8.31. The Bertz CT molecular complexity index is 1290. The molecule has 0 unspecified atom stereocenters. The van der Waals surface area contributed by atoms with E-state index in [1.165, 1.54) is 12.1 Å². The third-order valence-corrected chi connectivity index (χ3v) is 4.47. The van der Waals surface area contributed by atoms with Crippen LogP contribution in [0.1, 0.15) is 10.4 Å². The summed E-state index contributed by atoms with van der Waals surface area (Å²) in [7, 11) is 0. The maximum Gasteiger partial charge on any atom is 0.251 e. The molecule has 3 N–H and O–H groups in total. The number of benzene rings is 3. The van der Waals surface area contributed by atoms with E-state index in [1.807, 2.05) is 0 Å². The van der Waals surface area contributed by atoms with Crippen LogP contribution in [0.25, 0.3) is 22.4 Å². The Morgan fingerprint density at radius 3 is 2.42 bits per heavy atom. The first-order chi connectivity index (χ1) is 14.9. The van der Waals surface area contributed by atoms with Crippen LogP contribution < -0.4 is 10.6 Å².